The molecule has 1 saturated heterocycles. The summed E-state index contributed by atoms with van der Waals surface area (Å²) in [5, 5.41) is 5.14. The summed E-state index contributed by atoms with van der Waals surface area (Å²) in [5.74, 6) is 0.966. The van der Waals surface area contributed by atoms with Gasteiger partial charge in [-0.15, -0.1) is 11.8 Å². The van der Waals surface area contributed by atoms with Gasteiger partial charge in [-0.2, -0.15) is 0 Å². The van der Waals surface area contributed by atoms with Crippen molar-refractivity contribution < 1.29 is 4.74 Å². The molecule has 18 heavy (non-hydrogen) atoms. The molecular formula is C13H19ClN2OS. The van der Waals surface area contributed by atoms with Gasteiger partial charge in [0.15, 0.2) is 0 Å². The molecule has 0 saturated carbocycles. The summed E-state index contributed by atoms with van der Waals surface area (Å²) in [6.45, 7) is 4.04. The van der Waals surface area contributed by atoms with Crippen LogP contribution < -0.4 is 5.32 Å². The number of hydrogen-bond donors (Lipinski definition) is 1. The molecule has 1 aliphatic rings. The van der Waals surface area contributed by atoms with Crippen LogP contribution in [0.15, 0.2) is 23.4 Å². The summed E-state index contributed by atoms with van der Waals surface area (Å²) < 4.78 is 5.65. The summed E-state index contributed by atoms with van der Waals surface area (Å²) in [5.41, 5.74) is 0. The number of halogens is 1. The molecule has 0 aromatic carbocycles. The Morgan fingerprint density at radius 3 is 3.28 bits per heavy atom. The Morgan fingerprint density at radius 1 is 1.67 bits per heavy atom. The van der Waals surface area contributed by atoms with Crippen LogP contribution in [0.25, 0.3) is 0 Å². The third kappa shape index (κ3) is 4.12. The largest absolute Gasteiger partial charge is 0.377 e. The van der Waals surface area contributed by atoms with Crippen LogP contribution in [0.5, 0.6) is 0 Å². The maximum atomic E-state index is 6.05. The molecule has 2 atom stereocenters. The minimum Gasteiger partial charge on any atom is -0.377 e. The van der Waals surface area contributed by atoms with E-state index in [4.69, 9.17) is 16.3 Å². The van der Waals surface area contributed by atoms with E-state index in [1.807, 2.05) is 12.1 Å². The molecule has 0 radical (unpaired) electrons. The van der Waals surface area contributed by atoms with Crippen LogP contribution in [0.3, 0.4) is 0 Å². The van der Waals surface area contributed by atoms with Crippen LogP contribution in [0, 0.1) is 0 Å². The molecule has 0 spiro atoms. The Hall–Kier alpha value is -0.290. The SMILES string of the molecule is CC(NCCSc1ncccc1Cl)C1CCCO1. The van der Waals surface area contributed by atoms with E-state index >= 15 is 0 Å². The molecule has 1 fully saturated rings. The lowest BCUT2D eigenvalue weighted by Gasteiger charge is -2.19. The van der Waals surface area contributed by atoms with Gasteiger partial charge in [-0.25, -0.2) is 4.98 Å². The van der Waals surface area contributed by atoms with Gasteiger partial charge in [0, 0.05) is 31.1 Å². The molecule has 5 heteroatoms. The number of aromatic nitrogens is 1. The second-order valence-corrected chi connectivity index (χ2v) is 5.92. The standard InChI is InChI=1S/C13H19ClN2OS/c1-10(12-5-3-8-17-12)15-7-9-18-13-11(14)4-2-6-16-13/h2,4,6,10,12,15H,3,5,7-9H2,1H3. The minimum absolute atomic E-state index is 0.383. The van der Waals surface area contributed by atoms with E-state index in [-0.39, 0.29) is 0 Å². The van der Waals surface area contributed by atoms with Crippen molar-refractivity contribution in [1.82, 2.24) is 10.3 Å². The molecule has 100 valence electrons. The monoisotopic (exact) mass is 286 g/mol. The van der Waals surface area contributed by atoms with Crippen molar-refractivity contribution in [2.75, 3.05) is 18.9 Å². The highest BCUT2D eigenvalue weighted by atomic mass is 35.5. The number of rotatable bonds is 6. The van der Waals surface area contributed by atoms with Crippen molar-refractivity contribution in [3.8, 4) is 0 Å². The van der Waals surface area contributed by atoms with Gasteiger partial charge in [0.05, 0.1) is 11.1 Å². The summed E-state index contributed by atoms with van der Waals surface area (Å²) in [4.78, 5) is 4.25. The first-order valence-electron chi connectivity index (χ1n) is 6.35. The highest BCUT2D eigenvalue weighted by Gasteiger charge is 2.21. The Morgan fingerprint density at radius 2 is 2.56 bits per heavy atom. The first-order chi connectivity index (χ1) is 8.77. The molecule has 2 unspecified atom stereocenters. The highest BCUT2D eigenvalue weighted by molar-refractivity contribution is 7.99. The van der Waals surface area contributed by atoms with Crippen molar-refractivity contribution in [3.05, 3.63) is 23.4 Å². The van der Waals surface area contributed by atoms with Gasteiger partial charge in [0.1, 0.15) is 5.03 Å². The molecular weight excluding hydrogens is 268 g/mol. The van der Waals surface area contributed by atoms with Crippen molar-refractivity contribution >= 4 is 23.4 Å². The van der Waals surface area contributed by atoms with Crippen LogP contribution in [0.1, 0.15) is 19.8 Å². The second-order valence-electron chi connectivity index (χ2n) is 4.43. The van der Waals surface area contributed by atoms with Gasteiger partial charge in [-0.1, -0.05) is 11.6 Å². The first-order valence-corrected chi connectivity index (χ1v) is 7.72. The van der Waals surface area contributed by atoms with E-state index < -0.39 is 0 Å². The van der Waals surface area contributed by atoms with E-state index in [0.29, 0.717) is 12.1 Å². The summed E-state index contributed by atoms with van der Waals surface area (Å²) >= 11 is 7.73. The third-order valence-electron chi connectivity index (χ3n) is 3.05. The highest BCUT2D eigenvalue weighted by Crippen LogP contribution is 2.23. The average molecular weight is 287 g/mol. The minimum atomic E-state index is 0.383. The van der Waals surface area contributed by atoms with E-state index in [0.717, 1.165) is 29.0 Å². The van der Waals surface area contributed by atoms with Crippen molar-refractivity contribution in [2.24, 2.45) is 0 Å². The third-order valence-corrected chi connectivity index (χ3v) is 4.48. The Labute approximate surface area is 118 Å². The summed E-state index contributed by atoms with van der Waals surface area (Å²) in [7, 11) is 0. The molecule has 0 amide bonds. The zero-order chi connectivity index (χ0) is 12.8. The number of pyridine rings is 1. The fourth-order valence-corrected chi connectivity index (χ4v) is 3.08. The predicted octanol–water partition coefficient (Wildman–Crippen LogP) is 2.98. The molecule has 0 bridgehead atoms. The number of ether oxygens (including phenoxy) is 1. The molecule has 1 N–H and O–H groups in total. The molecule has 1 aliphatic heterocycles. The Balaban J connectivity index is 1.65. The van der Waals surface area contributed by atoms with E-state index in [1.165, 1.54) is 12.8 Å². The molecule has 0 aliphatic carbocycles. The lowest BCUT2D eigenvalue weighted by Crippen LogP contribution is -2.38. The number of hydrogen-bond acceptors (Lipinski definition) is 4. The normalized spacial score (nSPS) is 21.1. The quantitative estimate of drug-likeness (QED) is 0.644. The average Bonchev–Trinajstić information content (AvgIpc) is 2.90. The summed E-state index contributed by atoms with van der Waals surface area (Å²) in [6, 6.07) is 4.15. The van der Waals surface area contributed by atoms with Crippen LogP contribution >= 0.6 is 23.4 Å². The van der Waals surface area contributed by atoms with E-state index in [2.05, 4.69) is 17.2 Å². The van der Waals surface area contributed by atoms with Gasteiger partial charge in [-0.05, 0) is 31.9 Å². The Kier molecular flexibility index (Phi) is 5.76. The predicted molar refractivity (Wildman–Crippen MR) is 76.4 cm³/mol. The lowest BCUT2D eigenvalue weighted by molar-refractivity contribution is 0.0844. The fourth-order valence-electron chi connectivity index (χ4n) is 2.04. The maximum Gasteiger partial charge on any atom is 0.115 e. The topological polar surface area (TPSA) is 34.2 Å². The van der Waals surface area contributed by atoms with Crippen LogP contribution in [-0.2, 0) is 4.74 Å². The Bertz CT molecular complexity index is 372. The smallest absolute Gasteiger partial charge is 0.115 e. The van der Waals surface area contributed by atoms with Crippen LogP contribution in [-0.4, -0.2) is 36.0 Å². The lowest BCUT2D eigenvalue weighted by atomic mass is 10.1. The first kappa shape index (κ1) is 14.1. The molecule has 2 heterocycles. The van der Waals surface area contributed by atoms with Crippen molar-refractivity contribution in [3.63, 3.8) is 0 Å². The molecule has 3 nitrogen and oxygen atoms in total. The zero-order valence-corrected chi connectivity index (χ0v) is 12.1. The van der Waals surface area contributed by atoms with Gasteiger partial charge in [0.2, 0.25) is 0 Å². The molecule has 1 aromatic heterocycles. The number of thioether (sulfide) groups is 1. The van der Waals surface area contributed by atoms with Gasteiger partial charge in [-0.3, -0.25) is 0 Å². The van der Waals surface area contributed by atoms with Gasteiger partial charge in [0.25, 0.3) is 0 Å². The molecule has 2 rings (SSSR count). The van der Waals surface area contributed by atoms with Crippen LogP contribution in [0.4, 0.5) is 0 Å². The van der Waals surface area contributed by atoms with Crippen molar-refractivity contribution in [2.45, 2.75) is 36.9 Å². The van der Waals surface area contributed by atoms with Gasteiger partial charge >= 0.3 is 0 Å². The number of nitrogens with one attached hydrogen (secondary N) is 1. The molecule has 1 aromatic rings. The number of nitrogens with zero attached hydrogens (tertiary/aromatic N) is 1. The van der Waals surface area contributed by atoms with E-state index in [1.54, 1.807) is 18.0 Å². The maximum absolute atomic E-state index is 6.05. The van der Waals surface area contributed by atoms with Gasteiger partial charge < -0.3 is 10.1 Å². The zero-order valence-electron chi connectivity index (χ0n) is 10.6. The summed E-state index contributed by atoms with van der Waals surface area (Å²) in [6.07, 6.45) is 4.52. The van der Waals surface area contributed by atoms with Crippen LogP contribution in [0.2, 0.25) is 5.02 Å². The van der Waals surface area contributed by atoms with Crippen molar-refractivity contribution in [1.29, 1.82) is 0 Å². The second kappa shape index (κ2) is 7.34. The van der Waals surface area contributed by atoms with E-state index in [9.17, 15) is 0 Å². The fraction of sp³-hybridized carbons (Fsp3) is 0.615.